The third kappa shape index (κ3) is 6.17. The standard InChI is InChI=1S/C31H24O10/c1-2-21(17-9-13-19(14-10-17)40-24-7-3-5-22(28(32)33)26(24)30(36)37)18-11-15-20(16-12-18)41-25-8-4-6-23(29(34)35)27(25)31(38)39/h3-16,21H,2H2,1H3,(H,32,33)(H,34,35)(H,36,37)(H,38,39). The molecule has 4 aromatic carbocycles. The predicted molar refractivity (Wildman–Crippen MR) is 146 cm³/mol. The first kappa shape index (κ1) is 28.4. The minimum absolute atomic E-state index is 0.0343. The lowest BCUT2D eigenvalue weighted by molar-refractivity contribution is 0.0649. The summed E-state index contributed by atoms with van der Waals surface area (Å²) in [6, 6.07) is 21.9. The van der Waals surface area contributed by atoms with Gasteiger partial charge in [0, 0.05) is 5.92 Å². The Balaban J connectivity index is 1.54. The quantitative estimate of drug-likeness (QED) is 0.158. The largest absolute Gasteiger partial charge is 0.478 e. The zero-order valence-corrected chi connectivity index (χ0v) is 21.6. The van der Waals surface area contributed by atoms with Gasteiger partial charge in [0.15, 0.2) is 0 Å². The van der Waals surface area contributed by atoms with E-state index in [4.69, 9.17) is 9.47 Å². The first-order chi connectivity index (χ1) is 19.6. The molecule has 4 aromatic rings. The number of hydrogen-bond donors (Lipinski definition) is 4. The van der Waals surface area contributed by atoms with E-state index in [2.05, 4.69) is 0 Å². The Kier molecular flexibility index (Phi) is 8.33. The Morgan fingerprint density at radius 3 is 1.22 bits per heavy atom. The van der Waals surface area contributed by atoms with Crippen LogP contribution in [0, 0.1) is 0 Å². The third-order valence-corrected chi connectivity index (χ3v) is 6.37. The molecule has 0 aromatic heterocycles. The molecule has 0 fully saturated rings. The van der Waals surface area contributed by atoms with Gasteiger partial charge in [0.05, 0.1) is 11.1 Å². The van der Waals surface area contributed by atoms with Crippen molar-refractivity contribution in [2.75, 3.05) is 0 Å². The van der Waals surface area contributed by atoms with Crippen LogP contribution >= 0.6 is 0 Å². The van der Waals surface area contributed by atoms with Crippen molar-refractivity contribution in [2.24, 2.45) is 0 Å². The highest BCUT2D eigenvalue weighted by Crippen LogP contribution is 2.34. The van der Waals surface area contributed by atoms with Gasteiger partial charge in [0.2, 0.25) is 0 Å². The van der Waals surface area contributed by atoms with E-state index >= 15 is 0 Å². The number of hydrogen-bond acceptors (Lipinski definition) is 6. The van der Waals surface area contributed by atoms with Gasteiger partial charge in [-0.05, 0) is 66.1 Å². The summed E-state index contributed by atoms with van der Waals surface area (Å²) in [5.74, 6) is -5.13. The molecule has 0 aliphatic rings. The number of rotatable bonds is 11. The molecule has 208 valence electrons. The van der Waals surface area contributed by atoms with Gasteiger partial charge < -0.3 is 29.9 Å². The molecule has 0 spiro atoms. The van der Waals surface area contributed by atoms with E-state index in [-0.39, 0.29) is 28.5 Å². The van der Waals surface area contributed by atoms with Crippen molar-refractivity contribution in [1.82, 2.24) is 0 Å². The van der Waals surface area contributed by atoms with Gasteiger partial charge in [0.1, 0.15) is 34.1 Å². The molecule has 10 heteroatoms. The molecule has 0 heterocycles. The Morgan fingerprint density at radius 2 is 0.927 bits per heavy atom. The summed E-state index contributed by atoms with van der Waals surface area (Å²) in [5.41, 5.74) is 0.242. The monoisotopic (exact) mass is 556 g/mol. The van der Waals surface area contributed by atoms with Crippen molar-refractivity contribution < 1.29 is 49.1 Å². The molecular formula is C31H24O10. The molecule has 0 radical (unpaired) electrons. The zero-order valence-electron chi connectivity index (χ0n) is 21.6. The summed E-state index contributed by atoms with van der Waals surface area (Å²) in [6.45, 7) is 2.01. The van der Waals surface area contributed by atoms with Gasteiger partial charge in [-0.25, -0.2) is 19.2 Å². The number of carboxylic acid groups (broad SMARTS) is 4. The van der Waals surface area contributed by atoms with Gasteiger partial charge in [-0.1, -0.05) is 43.3 Å². The van der Waals surface area contributed by atoms with Crippen molar-refractivity contribution >= 4 is 23.9 Å². The van der Waals surface area contributed by atoms with E-state index in [0.29, 0.717) is 11.5 Å². The van der Waals surface area contributed by atoms with E-state index in [0.717, 1.165) is 17.5 Å². The highest BCUT2D eigenvalue weighted by Gasteiger charge is 2.23. The molecule has 0 amide bonds. The lowest BCUT2D eigenvalue weighted by atomic mass is 9.89. The molecule has 0 unspecified atom stereocenters. The van der Waals surface area contributed by atoms with Crippen LogP contribution in [0.15, 0.2) is 84.9 Å². The van der Waals surface area contributed by atoms with E-state index in [9.17, 15) is 39.6 Å². The second-order valence-electron chi connectivity index (χ2n) is 8.88. The fourth-order valence-corrected chi connectivity index (χ4v) is 4.48. The molecule has 10 nitrogen and oxygen atoms in total. The van der Waals surface area contributed by atoms with Crippen LogP contribution in [0.5, 0.6) is 23.0 Å². The molecule has 4 N–H and O–H groups in total. The summed E-state index contributed by atoms with van der Waals surface area (Å²) in [4.78, 5) is 46.3. The van der Waals surface area contributed by atoms with E-state index in [1.807, 2.05) is 31.2 Å². The average molecular weight is 557 g/mol. The normalized spacial score (nSPS) is 10.7. The molecule has 0 saturated heterocycles. The summed E-state index contributed by atoms with van der Waals surface area (Å²) < 4.78 is 11.4. The molecule has 0 atom stereocenters. The minimum atomic E-state index is -1.41. The highest BCUT2D eigenvalue weighted by molar-refractivity contribution is 6.04. The summed E-state index contributed by atoms with van der Waals surface area (Å²) in [6.07, 6.45) is 0.730. The van der Waals surface area contributed by atoms with Gasteiger partial charge in [-0.2, -0.15) is 0 Å². The van der Waals surface area contributed by atoms with Crippen molar-refractivity contribution in [3.05, 3.63) is 118 Å². The van der Waals surface area contributed by atoms with Crippen LogP contribution < -0.4 is 9.47 Å². The summed E-state index contributed by atoms with van der Waals surface area (Å²) in [5, 5.41) is 37.7. The van der Waals surface area contributed by atoms with Crippen molar-refractivity contribution in [3.8, 4) is 23.0 Å². The maximum absolute atomic E-state index is 11.7. The first-order valence-corrected chi connectivity index (χ1v) is 12.4. The van der Waals surface area contributed by atoms with Crippen molar-refractivity contribution in [3.63, 3.8) is 0 Å². The summed E-state index contributed by atoms with van der Waals surface area (Å²) >= 11 is 0. The van der Waals surface area contributed by atoms with Crippen LogP contribution in [0.4, 0.5) is 0 Å². The van der Waals surface area contributed by atoms with Crippen LogP contribution in [0.2, 0.25) is 0 Å². The molecular weight excluding hydrogens is 532 g/mol. The first-order valence-electron chi connectivity index (χ1n) is 12.4. The number of benzene rings is 4. The maximum atomic E-state index is 11.7. The second-order valence-corrected chi connectivity index (χ2v) is 8.88. The van der Waals surface area contributed by atoms with Crippen LogP contribution in [0.3, 0.4) is 0 Å². The molecule has 0 bridgehead atoms. The third-order valence-electron chi connectivity index (χ3n) is 6.37. The van der Waals surface area contributed by atoms with E-state index < -0.39 is 35.0 Å². The van der Waals surface area contributed by atoms with Crippen LogP contribution in [-0.2, 0) is 0 Å². The Morgan fingerprint density at radius 1 is 0.561 bits per heavy atom. The van der Waals surface area contributed by atoms with Crippen molar-refractivity contribution in [1.29, 1.82) is 0 Å². The fraction of sp³-hybridized carbons (Fsp3) is 0.0968. The number of carbonyl (C=O) groups is 4. The molecule has 41 heavy (non-hydrogen) atoms. The molecule has 0 saturated carbocycles. The fourth-order valence-electron chi connectivity index (χ4n) is 4.48. The second kappa shape index (κ2) is 12.0. The van der Waals surface area contributed by atoms with Crippen molar-refractivity contribution in [2.45, 2.75) is 19.3 Å². The van der Waals surface area contributed by atoms with Gasteiger partial charge >= 0.3 is 23.9 Å². The predicted octanol–water partition coefficient (Wildman–Crippen LogP) is 6.61. The average Bonchev–Trinajstić information content (AvgIpc) is 2.94. The number of ether oxygens (including phenoxy) is 2. The summed E-state index contributed by atoms with van der Waals surface area (Å²) in [7, 11) is 0. The maximum Gasteiger partial charge on any atom is 0.340 e. The van der Waals surface area contributed by atoms with E-state index in [1.165, 1.54) is 36.4 Å². The zero-order chi connectivity index (χ0) is 29.7. The van der Waals surface area contributed by atoms with Crippen LogP contribution in [0.1, 0.15) is 71.8 Å². The lowest BCUT2D eigenvalue weighted by Crippen LogP contribution is -2.09. The Hall–Kier alpha value is -5.64. The Labute approximate surface area is 233 Å². The van der Waals surface area contributed by atoms with Gasteiger partial charge in [-0.3, -0.25) is 0 Å². The SMILES string of the molecule is CCC(c1ccc(Oc2cccc(C(=O)O)c2C(=O)O)cc1)c1ccc(Oc2cccc(C(=O)O)c2C(=O)O)cc1. The number of aromatic carboxylic acids is 4. The topological polar surface area (TPSA) is 168 Å². The highest BCUT2D eigenvalue weighted by atomic mass is 16.5. The molecule has 4 rings (SSSR count). The number of carboxylic acids is 4. The lowest BCUT2D eigenvalue weighted by Gasteiger charge is -2.18. The molecule has 0 aliphatic carbocycles. The Bertz CT molecular complexity index is 1500. The van der Waals surface area contributed by atoms with Gasteiger partial charge in [0.25, 0.3) is 0 Å². The van der Waals surface area contributed by atoms with Crippen LogP contribution in [0.25, 0.3) is 0 Å². The molecule has 0 aliphatic heterocycles. The van der Waals surface area contributed by atoms with E-state index in [1.54, 1.807) is 24.3 Å². The van der Waals surface area contributed by atoms with Crippen LogP contribution in [-0.4, -0.2) is 44.3 Å². The smallest absolute Gasteiger partial charge is 0.340 e. The van der Waals surface area contributed by atoms with Gasteiger partial charge in [-0.15, -0.1) is 0 Å². The minimum Gasteiger partial charge on any atom is -0.478 e.